The highest BCUT2D eigenvalue weighted by molar-refractivity contribution is 7.85. The molecule has 1 heterocycles. The Morgan fingerprint density at radius 1 is 1.21 bits per heavy atom. The summed E-state index contributed by atoms with van der Waals surface area (Å²) in [5.74, 6) is -0.952. The van der Waals surface area contributed by atoms with Crippen molar-refractivity contribution < 1.29 is 26.9 Å². The minimum absolute atomic E-state index is 0.0137. The zero-order valence-electron chi connectivity index (χ0n) is 18.6. The molecule has 2 atom stereocenters. The Morgan fingerprint density at radius 2 is 1.91 bits per heavy atom. The Hall–Kier alpha value is -2.20. The molecule has 1 saturated heterocycles. The molecule has 1 fully saturated rings. The molecule has 7 nitrogen and oxygen atoms in total. The van der Waals surface area contributed by atoms with E-state index >= 15 is 0 Å². The summed E-state index contributed by atoms with van der Waals surface area (Å²) < 4.78 is 50.6. The van der Waals surface area contributed by atoms with Crippen LogP contribution in [-0.4, -0.2) is 60.5 Å². The van der Waals surface area contributed by atoms with Crippen LogP contribution in [0.3, 0.4) is 0 Å². The highest BCUT2D eigenvalue weighted by atomic mass is 35.5. The fourth-order valence-corrected chi connectivity index (χ4v) is 4.83. The number of halogens is 2. The van der Waals surface area contributed by atoms with Crippen molar-refractivity contribution >= 4 is 27.6 Å². The molecule has 0 radical (unpaired) electrons. The molecule has 2 aromatic rings. The fourth-order valence-electron chi connectivity index (χ4n) is 4.02. The third-order valence-electron chi connectivity index (χ3n) is 5.77. The number of carbonyl (C=O) groups excluding carboxylic acids is 1. The van der Waals surface area contributed by atoms with E-state index in [-0.39, 0.29) is 41.7 Å². The minimum Gasteiger partial charge on any atom is -0.483 e. The average molecular weight is 499 g/mol. The summed E-state index contributed by atoms with van der Waals surface area (Å²) in [6, 6.07) is 10.9. The van der Waals surface area contributed by atoms with Gasteiger partial charge in [-0.25, -0.2) is 4.39 Å². The SMILES string of the molecule is CC[C@@H]1CN(Cc2ccc(F)cc2)[C@@H](C)CN1C(=O)COc1ccc(Cl)cc1CS(=O)(=O)O. The summed E-state index contributed by atoms with van der Waals surface area (Å²) >= 11 is 5.93. The van der Waals surface area contributed by atoms with Gasteiger partial charge in [-0.15, -0.1) is 0 Å². The van der Waals surface area contributed by atoms with Crippen molar-refractivity contribution in [2.24, 2.45) is 0 Å². The van der Waals surface area contributed by atoms with Crippen LogP contribution in [0, 0.1) is 5.82 Å². The van der Waals surface area contributed by atoms with Crippen molar-refractivity contribution in [2.45, 2.75) is 44.6 Å². The van der Waals surface area contributed by atoms with Gasteiger partial charge in [0.2, 0.25) is 0 Å². The molecular weight excluding hydrogens is 471 g/mol. The summed E-state index contributed by atoms with van der Waals surface area (Å²) in [6.45, 7) is 5.65. The Bertz CT molecular complexity index is 1080. The van der Waals surface area contributed by atoms with Gasteiger partial charge in [-0.2, -0.15) is 8.42 Å². The van der Waals surface area contributed by atoms with Crippen LogP contribution < -0.4 is 4.74 Å². The number of carbonyl (C=O) groups is 1. The van der Waals surface area contributed by atoms with Crippen LogP contribution in [-0.2, 0) is 27.2 Å². The van der Waals surface area contributed by atoms with E-state index in [4.69, 9.17) is 16.3 Å². The van der Waals surface area contributed by atoms with Crippen LogP contribution in [0.25, 0.3) is 0 Å². The van der Waals surface area contributed by atoms with Crippen molar-refractivity contribution in [1.29, 1.82) is 0 Å². The van der Waals surface area contributed by atoms with E-state index in [1.165, 1.54) is 30.3 Å². The van der Waals surface area contributed by atoms with Crippen LogP contribution in [0.15, 0.2) is 42.5 Å². The number of piperazine rings is 1. The van der Waals surface area contributed by atoms with Crippen LogP contribution in [0.5, 0.6) is 5.75 Å². The number of benzene rings is 2. The Labute approximate surface area is 198 Å². The molecule has 0 bridgehead atoms. The van der Waals surface area contributed by atoms with Gasteiger partial charge in [0.15, 0.2) is 6.61 Å². The van der Waals surface area contributed by atoms with Gasteiger partial charge in [-0.1, -0.05) is 30.7 Å². The van der Waals surface area contributed by atoms with Crippen LogP contribution in [0.2, 0.25) is 5.02 Å². The number of nitrogens with zero attached hydrogens (tertiary/aromatic N) is 2. The lowest BCUT2D eigenvalue weighted by Gasteiger charge is -2.45. The molecule has 1 aliphatic heterocycles. The van der Waals surface area contributed by atoms with Crippen molar-refractivity contribution in [2.75, 3.05) is 19.7 Å². The number of amides is 1. The maximum Gasteiger partial charge on any atom is 0.269 e. The first kappa shape index (κ1) is 25.4. The number of hydrogen-bond donors (Lipinski definition) is 1. The summed E-state index contributed by atoms with van der Waals surface area (Å²) in [5, 5.41) is 0.296. The topological polar surface area (TPSA) is 87.2 Å². The highest BCUT2D eigenvalue weighted by Crippen LogP contribution is 2.26. The van der Waals surface area contributed by atoms with Gasteiger partial charge < -0.3 is 9.64 Å². The van der Waals surface area contributed by atoms with Crippen molar-refractivity contribution in [3.8, 4) is 5.75 Å². The highest BCUT2D eigenvalue weighted by Gasteiger charge is 2.33. The van der Waals surface area contributed by atoms with Gasteiger partial charge in [-0.05, 0) is 49.2 Å². The van der Waals surface area contributed by atoms with E-state index in [1.54, 1.807) is 17.0 Å². The first-order valence-electron chi connectivity index (χ1n) is 10.7. The van der Waals surface area contributed by atoms with Crippen LogP contribution in [0.4, 0.5) is 4.39 Å². The third kappa shape index (κ3) is 7.14. The van der Waals surface area contributed by atoms with Crippen molar-refractivity contribution in [3.63, 3.8) is 0 Å². The molecule has 1 N–H and O–H groups in total. The number of ether oxygens (including phenoxy) is 1. The summed E-state index contributed by atoms with van der Waals surface area (Å²) in [5.41, 5.74) is 1.19. The molecule has 1 aliphatic rings. The van der Waals surface area contributed by atoms with E-state index in [0.717, 1.165) is 12.0 Å². The molecule has 0 spiro atoms. The zero-order valence-corrected chi connectivity index (χ0v) is 20.2. The lowest BCUT2D eigenvalue weighted by Crippen LogP contribution is -2.59. The minimum atomic E-state index is -4.29. The van der Waals surface area contributed by atoms with E-state index in [1.807, 2.05) is 13.8 Å². The molecule has 0 aromatic heterocycles. The molecule has 0 saturated carbocycles. The fraction of sp³-hybridized carbons (Fsp3) is 0.435. The van der Waals surface area contributed by atoms with Gasteiger partial charge in [0.1, 0.15) is 17.3 Å². The van der Waals surface area contributed by atoms with Gasteiger partial charge in [-0.3, -0.25) is 14.2 Å². The smallest absolute Gasteiger partial charge is 0.269 e. The van der Waals surface area contributed by atoms with Crippen LogP contribution in [0.1, 0.15) is 31.4 Å². The first-order valence-corrected chi connectivity index (χ1v) is 12.7. The maximum absolute atomic E-state index is 13.2. The third-order valence-corrected chi connectivity index (χ3v) is 6.68. The normalized spacial score (nSPS) is 19.5. The molecular formula is C23H28ClFN2O5S. The Balaban J connectivity index is 1.65. The van der Waals surface area contributed by atoms with E-state index < -0.39 is 15.9 Å². The Morgan fingerprint density at radius 3 is 2.55 bits per heavy atom. The second-order valence-corrected chi connectivity index (χ2v) is 10.2. The average Bonchev–Trinajstić information content (AvgIpc) is 2.74. The van der Waals surface area contributed by atoms with Gasteiger partial charge >= 0.3 is 0 Å². The van der Waals surface area contributed by atoms with Gasteiger partial charge in [0.25, 0.3) is 16.0 Å². The number of hydrogen-bond acceptors (Lipinski definition) is 5. The molecule has 0 unspecified atom stereocenters. The van der Waals surface area contributed by atoms with Gasteiger partial charge in [0, 0.05) is 42.3 Å². The first-order chi connectivity index (χ1) is 15.6. The predicted molar refractivity (Wildman–Crippen MR) is 124 cm³/mol. The molecule has 33 heavy (non-hydrogen) atoms. The molecule has 2 aromatic carbocycles. The molecule has 3 rings (SSSR count). The standard InChI is InChI=1S/C23H28ClFN2O5S/c1-3-21-13-26(12-17-4-7-20(25)8-5-17)16(2)11-27(21)23(28)14-32-22-9-6-19(24)10-18(22)15-33(29,30)31/h4-10,16,21H,3,11-15H2,1-2H3,(H,29,30,31)/t16-,21+/m0/s1. The molecule has 10 heteroatoms. The second-order valence-electron chi connectivity index (χ2n) is 8.28. The lowest BCUT2D eigenvalue weighted by molar-refractivity contribution is -0.140. The van der Waals surface area contributed by atoms with E-state index in [0.29, 0.717) is 24.7 Å². The van der Waals surface area contributed by atoms with Crippen molar-refractivity contribution in [3.05, 3.63) is 64.4 Å². The lowest BCUT2D eigenvalue weighted by atomic mass is 10.0. The van der Waals surface area contributed by atoms with E-state index in [9.17, 15) is 22.2 Å². The molecule has 180 valence electrons. The quantitative estimate of drug-likeness (QED) is 0.558. The summed E-state index contributed by atoms with van der Waals surface area (Å²) in [4.78, 5) is 17.1. The molecule has 0 aliphatic carbocycles. The largest absolute Gasteiger partial charge is 0.483 e. The summed E-state index contributed by atoms with van der Waals surface area (Å²) in [6.07, 6.45) is 0.757. The monoisotopic (exact) mass is 498 g/mol. The maximum atomic E-state index is 13.2. The second kappa shape index (κ2) is 10.8. The number of rotatable bonds is 8. The van der Waals surface area contributed by atoms with Crippen LogP contribution >= 0.6 is 11.6 Å². The van der Waals surface area contributed by atoms with Gasteiger partial charge in [0.05, 0.1) is 0 Å². The zero-order chi connectivity index (χ0) is 24.2. The predicted octanol–water partition coefficient (Wildman–Crippen LogP) is 3.76. The van der Waals surface area contributed by atoms with E-state index in [2.05, 4.69) is 4.90 Å². The summed E-state index contributed by atoms with van der Waals surface area (Å²) in [7, 11) is -4.29. The molecule has 1 amide bonds. The van der Waals surface area contributed by atoms with Crippen molar-refractivity contribution in [1.82, 2.24) is 9.80 Å². The Kier molecular flexibility index (Phi) is 8.33.